The quantitative estimate of drug-likeness (QED) is 0.267. The molecule has 0 unspecified atom stereocenters. The summed E-state index contributed by atoms with van der Waals surface area (Å²) in [6.45, 7) is 8.93. The van der Waals surface area contributed by atoms with Crippen molar-refractivity contribution in [3.8, 4) is 0 Å². The number of fused-ring (bicyclic) bond motifs is 1. The lowest BCUT2D eigenvalue weighted by atomic mass is 10.0. The third-order valence-electron chi connectivity index (χ3n) is 6.31. The number of thioether (sulfide) groups is 1. The third-order valence-corrected chi connectivity index (χ3v) is 9.63. The van der Waals surface area contributed by atoms with Gasteiger partial charge in [0.2, 0.25) is 0 Å². The van der Waals surface area contributed by atoms with E-state index >= 15 is 0 Å². The van der Waals surface area contributed by atoms with Gasteiger partial charge in [0.25, 0.3) is 10.6 Å². The van der Waals surface area contributed by atoms with E-state index in [-0.39, 0.29) is 17.5 Å². The van der Waals surface area contributed by atoms with Gasteiger partial charge in [0.15, 0.2) is 12.7 Å². The summed E-state index contributed by atoms with van der Waals surface area (Å²) in [6.07, 6.45) is -0.275. The van der Waals surface area contributed by atoms with Crippen molar-refractivity contribution in [2.24, 2.45) is 0 Å². The molecule has 0 spiro atoms. The average molecular weight is 591 g/mol. The number of hydrogen-bond donors (Lipinski definition) is 0. The molecule has 206 valence electrons. The Hall–Kier alpha value is -2.82. The molecule has 0 atom stereocenters. The zero-order valence-electron chi connectivity index (χ0n) is 22.5. The van der Waals surface area contributed by atoms with Crippen LogP contribution in [-0.2, 0) is 25.7 Å². The first-order valence-corrected chi connectivity index (χ1v) is 15.3. The van der Waals surface area contributed by atoms with Gasteiger partial charge in [0.1, 0.15) is 14.2 Å². The highest BCUT2D eigenvalue weighted by atomic mass is 32.2. The second-order valence-corrected chi connectivity index (χ2v) is 11.7. The number of hydrogen-bond acceptors (Lipinski definition) is 5. The Balaban J connectivity index is 0.00000172. The smallest absolute Gasteiger partial charge is 0.337 e. The molecule has 2 aromatic heterocycles. The first kappa shape index (κ1) is 29.2. The molecule has 39 heavy (non-hydrogen) atoms. The molecule has 4 nitrogen and oxygen atoms in total. The molecule has 0 fully saturated rings. The van der Waals surface area contributed by atoms with E-state index in [4.69, 9.17) is 0 Å². The second-order valence-electron chi connectivity index (χ2n) is 8.74. The first-order chi connectivity index (χ1) is 18.7. The molecule has 3 heterocycles. The molecule has 1 aliphatic heterocycles. The van der Waals surface area contributed by atoms with Gasteiger partial charge in [-0.1, -0.05) is 61.2 Å². The van der Waals surface area contributed by atoms with E-state index in [1.54, 1.807) is 22.4 Å². The molecular weight excluding hydrogens is 560 g/mol. The summed E-state index contributed by atoms with van der Waals surface area (Å²) in [5, 5.41) is 3.72. The van der Waals surface area contributed by atoms with Crippen molar-refractivity contribution in [3.05, 3.63) is 95.3 Å². The van der Waals surface area contributed by atoms with Crippen LogP contribution in [0.1, 0.15) is 42.5 Å². The van der Waals surface area contributed by atoms with Crippen LogP contribution in [0.2, 0.25) is 0 Å². The summed E-state index contributed by atoms with van der Waals surface area (Å²) >= 11 is 4.57. The highest BCUT2D eigenvalue weighted by Crippen LogP contribution is 2.45. The first-order valence-electron chi connectivity index (χ1n) is 12.8. The van der Waals surface area contributed by atoms with E-state index in [0.717, 1.165) is 31.3 Å². The maximum absolute atomic E-state index is 13.4. The van der Waals surface area contributed by atoms with Crippen LogP contribution in [0.5, 0.6) is 0 Å². The van der Waals surface area contributed by atoms with Crippen LogP contribution in [0.25, 0.3) is 11.1 Å². The fourth-order valence-electron chi connectivity index (χ4n) is 4.41. The van der Waals surface area contributed by atoms with Crippen LogP contribution < -0.4 is 24.2 Å². The van der Waals surface area contributed by atoms with Gasteiger partial charge in [-0.15, -0.1) is 11.3 Å². The number of anilines is 1. The summed E-state index contributed by atoms with van der Waals surface area (Å²) in [5.41, 5.74) is 1.91. The Morgan fingerprint density at radius 2 is 1.85 bits per heavy atom. The van der Waals surface area contributed by atoms with Crippen molar-refractivity contribution in [1.29, 1.82) is 0 Å². The molecule has 10 heteroatoms. The van der Waals surface area contributed by atoms with Gasteiger partial charge in [-0.05, 0) is 43.2 Å². The highest BCUT2D eigenvalue weighted by molar-refractivity contribution is 8.08. The number of aromatic nitrogens is 2. The van der Waals surface area contributed by atoms with Gasteiger partial charge in [-0.3, -0.25) is 9.36 Å². The van der Waals surface area contributed by atoms with Crippen molar-refractivity contribution in [2.75, 3.05) is 11.9 Å². The molecule has 4 aromatic rings. The number of halogens is 3. The molecule has 0 saturated carbocycles. The molecular formula is C29H31F3N3OS3+. The maximum atomic E-state index is 13.4. The Bertz CT molecular complexity index is 1650. The highest BCUT2D eigenvalue weighted by Gasteiger charge is 2.33. The molecule has 0 bridgehead atoms. The zero-order chi connectivity index (χ0) is 28.3. The lowest BCUT2D eigenvalue weighted by Gasteiger charge is -2.12. The molecule has 0 radical (unpaired) electrons. The fourth-order valence-corrected chi connectivity index (χ4v) is 7.85. The standard InChI is InChI=1S/C27H25F3N3OS3.C2H6/c1-4-33-23(37-24(25(33)34)26-31(3)20-10-9-17(2)15-21(20)36-26)16-22-32(13-14-35-22)12-11-18-7-5-6-8-19(18)27(28,29)30;1-2/h5-10,13-16H,4,11-12H2,1-3H3;1-2H3/q+1;/b26-24+;. The average Bonchev–Trinajstić information content (AvgIpc) is 3.58. The molecule has 0 N–H and O–H groups in total. The van der Waals surface area contributed by atoms with Crippen LogP contribution >= 0.6 is 34.4 Å². The number of rotatable bonds is 5. The van der Waals surface area contributed by atoms with Gasteiger partial charge in [-0.2, -0.15) is 17.7 Å². The number of aryl methyl sites for hydroxylation is 3. The fraction of sp³-hybridized carbons (Fsp3) is 0.310. The van der Waals surface area contributed by atoms with E-state index in [1.165, 1.54) is 40.4 Å². The predicted molar refractivity (Wildman–Crippen MR) is 157 cm³/mol. The van der Waals surface area contributed by atoms with Crippen molar-refractivity contribution in [1.82, 2.24) is 4.57 Å². The summed E-state index contributed by atoms with van der Waals surface area (Å²) in [4.78, 5) is 16.6. The van der Waals surface area contributed by atoms with Crippen LogP contribution in [0, 0.1) is 6.92 Å². The van der Waals surface area contributed by atoms with Gasteiger partial charge in [0, 0.05) is 24.9 Å². The van der Waals surface area contributed by atoms with E-state index in [2.05, 4.69) is 30.0 Å². The van der Waals surface area contributed by atoms with Crippen LogP contribution in [0.3, 0.4) is 0 Å². The van der Waals surface area contributed by atoms with Crippen LogP contribution in [-0.4, -0.2) is 11.6 Å². The largest absolute Gasteiger partial charge is 0.416 e. The molecule has 2 aromatic carbocycles. The van der Waals surface area contributed by atoms with Crippen molar-refractivity contribution >= 4 is 51.2 Å². The van der Waals surface area contributed by atoms with Gasteiger partial charge < -0.3 is 4.90 Å². The lowest BCUT2D eigenvalue weighted by Crippen LogP contribution is -2.36. The van der Waals surface area contributed by atoms with Crippen molar-refractivity contribution in [3.63, 3.8) is 0 Å². The number of alkyl halides is 3. The summed E-state index contributed by atoms with van der Waals surface area (Å²) in [7, 11) is 1.98. The Kier molecular flexibility index (Phi) is 9.08. The summed E-state index contributed by atoms with van der Waals surface area (Å²) in [5.74, 6) is 0. The normalized spacial score (nSPS) is 14.9. The number of nitrogens with zero attached hydrogens (tertiary/aromatic N) is 3. The minimum absolute atomic E-state index is 0.0279. The van der Waals surface area contributed by atoms with Gasteiger partial charge >= 0.3 is 6.18 Å². The Labute approximate surface area is 238 Å². The number of benzene rings is 2. The third kappa shape index (κ3) is 6.02. The van der Waals surface area contributed by atoms with Crippen molar-refractivity contribution < 1.29 is 17.7 Å². The summed E-state index contributed by atoms with van der Waals surface area (Å²) in [6, 6.07) is 12.0. The Morgan fingerprint density at radius 1 is 1.10 bits per heavy atom. The predicted octanol–water partition coefficient (Wildman–Crippen LogP) is 6.01. The molecule has 1 aliphatic rings. The van der Waals surface area contributed by atoms with E-state index < -0.39 is 11.7 Å². The SMILES string of the molecule is CC.CCn1c(=O)/c(=C2\Sc3cc(C)ccc3N2C)s/c1=C\c1scc[n+]1CCc1ccccc1C(F)(F)F. The van der Waals surface area contributed by atoms with Gasteiger partial charge in [0.05, 0.1) is 22.7 Å². The zero-order valence-corrected chi connectivity index (χ0v) is 25.0. The van der Waals surface area contributed by atoms with Crippen LogP contribution in [0.15, 0.2) is 63.7 Å². The Morgan fingerprint density at radius 3 is 2.56 bits per heavy atom. The van der Waals surface area contributed by atoms with Gasteiger partial charge in [-0.25, -0.2) is 0 Å². The number of thiazole rings is 2. The molecule has 0 aliphatic carbocycles. The lowest BCUT2D eigenvalue weighted by molar-refractivity contribution is -0.693. The minimum Gasteiger partial charge on any atom is -0.337 e. The summed E-state index contributed by atoms with van der Waals surface area (Å²) < 4.78 is 45.5. The van der Waals surface area contributed by atoms with E-state index in [1.807, 2.05) is 50.0 Å². The molecule has 5 rings (SSSR count). The maximum Gasteiger partial charge on any atom is 0.416 e. The minimum atomic E-state index is -4.38. The van der Waals surface area contributed by atoms with Crippen LogP contribution in [0.4, 0.5) is 18.9 Å². The molecule has 0 amide bonds. The topological polar surface area (TPSA) is 29.1 Å². The second kappa shape index (κ2) is 12.1. The monoisotopic (exact) mass is 590 g/mol. The van der Waals surface area contributed by atoms with Crippen molar-refractivity contribution in [2.45, 2.75) is 58.3 Å². The molecule has 0 saturated heterocycles. The van der Waals surface area contributed by atoms with E-state index in [9.17, 15) is 18.0 Å². The van der Waals surface area contributed by atoms with E-state index in [0.29, 0.717) is 17.6 Å².